The molecule has 3 heteroatoms. The fraction of sp³-hybridized carbons (Fsp3) is 0.240. The van der Waals surface area contributed by atoms with Gasteiger partial charge in [-0.05, 0) is 48.7 Å². The lowest BCUT2D eigenvalue weighted by molar-refractivity contribution is -0.136. The molecule has 0 radical (unpaired) electrons. The summed E-state index contributed by atoms with van der Waals surface area (Å²) in [4.78, 5) is 15.3. The van der Waals surface area contributed by atoms with E-state index < -0.39 is 10.9 Å². The summed E-state index contributed by atoms with van der Waals surface area (Å²) in [6, 6.07) is 24.1. The standard InChI is InChI=1S/C25H26ClNO/c1-18(2)17-27(24(28)23(26)20-11-6-5-7-12-20)25(3,4)22-15-14-19-10-8-9-13-21(19)16-22/h5-16,23H,1,17H2,2-4H3. The Balaban J connectivity index is 2.00. The summed E-state index contributed by atoms with van der Waals surface area (Å²) in [6.07, 6.45) is 0. The van der Waals surface area contributed by atoms with Gasteiger partial charge in [-0.2, -0.15) is 0 Å². The highest BCUT2D eigenvalue weighted by Gasteiger charge is 2.36. The van der Waals surface area contributed by atoms with Gasteiger partial charge in [0.2, 0.25) is 5.91 Å². The highest BCUT2D eigenvalue weighted by Crippen LogP contribution is 2.34. The molecule has 0 N–H and O–H groups in total. The van der Waals surface area contributed by atoms with Gasteiger partial charge in [0.15, 0.2) is 0 Å². The summed E-state index contributed by atoms with van der Waals surface area (Å²) >= 11 is 6.60. The summed E-state index contributed by atoms with van der Waals surface area (Å²) in [5, 5.41) is 1.60. The minimum absolute atomic E-state index is 0.117. The van der Waals surface area contributed by atoms with E-state index in [4.69, 9.17) is 11.6 Å². The molecule has 0 aliphatic heterocycles. The molecule has 3 aromatic rings. The van der Waals surface area contributed by atoms with E-state index in [1.54, 1.807) is 0 Å². The average Bonchev–Trinajstić information content (AvgIpc) is 2.71. The number of benzene rings is 3. The van der Waals surface area contributed by atoms with Crippen LogP contribution in [0.2, 0.25) is 0 Å². The zero-order valence-electron chi connectivity index (χ0n) is 16.7. The van der Waals surface area contributed by atoms with E-state index in [0.29, 0.717) is 6.54 Å². The summed E-state index contributed by atoms with van der Waals surface area (Å²) in [7, 11) is 0. The molecule has 3 rings (SSSR count). The molecule has 0 heterocycles. The second-order valence-corrected chi connectivity index (χ2v) is 8.21. The van der Waals surface area contributed by atoms with Gasteiger partial charge in [-0.15, -0.1) is 11.6 Å². The molecule has 3 aromatic carbocycles. The third-order valence-corrected chi connectivity index (χ3v) is 5.57. The molecule has 0 fully saturated rings. The van der Waals surface area contributed by atoms with Gasteiger partial charge in [0.1, 0.15) is 5.38 Å². The molecular weight excluding hydrogens is 366 g/mol. The van der Waals surface area contributed by atoms with Crippen LogP contribution in [0.1, 0.15) is 37.3 Å². The molecule has 2 nitrogen and oxygen atoms in total. The van der Waals surface area contributed by atoms with Crippen molar-refractivity contribution in [2.24, 2.45) is 0 Å². The average molecular weight is 392 g/mol. The minimum atomic E-state index is -0.736. The van der Waals surface area contributed by atoms with Crippen molar-refractivity contribution in [1.82, 2.24) is 4.90 Å². The van der Waals surface area contributed by atoms with Crippen molar-refractivity contribution in [3.05, 3.63) is 96.1 Å². The highest BCUT2D eigenvalue weighted by molar-refractivity contribution is 6.30. The van der Waals surface area contributed by atoms with Crippen LogP contribution in [-0.4, -0.2) is 17.4 Å². The molecule has 28 heavy (non-hydrogen) atoms. The van der Waals surface area contributed by atoms with E-state index in [1.807, 2.05) is 54.3 Å². The van der Waals surface area contributed by atoms with Crippen LogP contribution in [0.4, 0.5) is 0 Å². The van der Waals surface area contributed by atoms with Crippen molar-refractivity contribution >= 4 is 28.3 Å². The smallest absolute Gasteiger partial charge is 0.246 e. The predicted molar refractivity (Wildman–Crippen MR) is 119 cm³/mol. The van der Waals surface area contributed by atoms with Gasteiger partial charge in [0.25, 0.3) is 0 Å². The van der Waals surface area contributed by atoms with Gasteiger partial charge in [-0.3, -0.25) is 4.79 Å². The Hall–Kier alpha value is -2.58. The molecule has 0 aromatic heterocycles. The van der Waals surface area contributed by atoms with Gasteiger partial charge in [-0.1, -0.05) is 78.9 Å². The fourth-order valence-corrected chi connectivity index (χ4v) is 3.71. The molecule has 1 atom stereocenters. The van der Waals surface area contributed by atoms with Gasteiger partial charge < -0.3 is 4.90 Å². The molecule has 0 saturated carbocycles. The van der Waals surface area contributed by atoms with Crippen molar-refractivity contribution in [3.8, 4) is 0 Å². The number of hydrogen-bond acceptors (Lipinski definition) is 1. The maximum absolute atomic E-state index is 13.4. The maximum Gasteiger partial charge on any atom is 0.246 e. The second kappa shape index (κ2) is 8.20. The number of halogens is 1. The fourth-order valence-electron chi connectivity index (χ4n) is 3.45. The Kier molecular flexibility index (Phi) is 5.90. The minimum Gasteiger partial charge on any atom is -0.328 e. The van der Waals surface area contributed by atoms with Gasteiger partial charge in [-0.25, -0.2) is 0 Å². The maximum atomic E-state index is 13.4. The quantitative estimate of drug-likeness (QED) is 0.348. The van der Waals surface area contributed by atoms with E-state index in [0.717, 1.165) is 22.1 Å². The number of alkyl halides is 1. The highest BCUT2D eigenvalue weighted by atomic mass is 35.5. The van der Waals surface area contributed by atoms with Crippen LogP contribution in [0, 0.1) is 0 Å². The first-order valence-electron chi connectivity index (χ1n) is 9.45. The number of fused-ring (bicyclic) bond motifs is 1. The van der Waals surface area contributed by atoms with Crippen molar-refractivity contribution in [1.29, 1.82) is 0 Å². The molecule has 0 spiro atoms. The number of carbonyl (C=O) groups is 1. The number of nitrogens with zero attached hydrogens (tertiary/aromatic N) is 1. The number of amides is 1. The van der Waals surface area contributed by atoms with Crippen LogP contribution < -0.4 is 0 Å². The third-order valence-electron chi connectivity index (χ3n) is 5.13. The van der Waals surface area contributed by atoms with E-state index in [9.17, 15) is 4.79 Å². The topological polar surface area (TPSA) is 20.3 Å². The van der Waals surface area contributed by atoms with Crippen molar-refractivity contribution in [3.63, 3.8) is 0 Å². The lowest BCUT2D eigenvalue weighted by atomic mass is 9.89. The number of rotatable bonds is 6. The molecule has 0 aliphatic rings. The van der Waals surface area contributed by atoms with Gasteiger partial charge >= 0.3 is 0 Å². The van der Waals surface area contributed by atoms with E-state index in [2.05, 4.69) is 50.8 Å². The summed E-state index contributed by atoms with van der Waals surface area (Å²) in [5.74, 6) is -0.117. The van der Waals surface area contributed by atoms with Crippen molar-refractivity contribution in [2.75, 3.05) is 6.54 Å². The second-order valence-electron chi connectivity index (χ2n) is 7.78. The van der Waals surface area contributed by atoms with Crippen LogP contribution >= 0.6 is 11.6 Å². The Morgan fingerprint density at radius 1 is 1.00 bits per heavy atom. The summed E-state index contributed by atoms with van der Waals surface area (Å²) in [6.45, 7) is 10.5. The van der Waals surface area contributed by atoms with E-state index >= 15 is 0 Å². The van der Waals surface area contributed by atoms with Crippen LogP contribution in [0.25, 0.3) is 10.8 Å². The Bertz CT molecular complexity index is 994. The van der Waals surface area contributed by atoms with Gasteiger partial charge in [0, 0.05) is 6.54 Å². The largest absolute Gasteiger partial charge is 0.328 e. The predicted octanol–water partition coefficient (Wildman–Crippen LogP) is 6.46. The molecular formula is C25H26ClNO. The first kappa shape index (κ1) is 20.2. The first-order chi connectivity index (χ1) is 13.3. The Labute approximate surface area is 172 Å². The SMILES string of the molecule is C=C(C)CN(C(=O)C(Cl)c1ccccc1)C(C)(C)c1ccc2ccccc2c1. The molecule has 144 valence electrons. The van der Waals surface area contributed by atoms with Crippen LogP contribution in [-0.2, 0) is 10.3 Å². The van der Waals surface area contributed by atoms with Crippen LogP contribution in [0.5, 0.6) is 0 Å². The molecule has 1 amide bonds. The summed E-state index contributed by atoms with van der Waals surface area (Å²) < 4.78 is 0. The Morgan fingerprint density at radius 3 is 2.25 bits per heavy atom. The van der Waals surface area contributed by atoms with E-state index in [-0.39, 0.29) is 5.91 Å². The molecule has 0 saturated heterocycles. The zero-order valence-corrected chi connectivity index (χ0v) is 17.4. The van der Waals surface area contributed by atoms with Crippen molar-refractivity contribution < 1.29 is 4.79 Å². The van der Waals surface area contributed by atoms with E-state index in [1.165, 1.54) is 5.39 Å². The Morgan fingerprint density at radius 2 is 1.61 bits per heavy atom. The van der Waals surface area contributed by atoms with Crippen LogP contribution in [0.15, 0.2) is 84.9 Å². The van der Waals surface area contributed by atoms with Crippen molar-refractivity contribution in [2.45, 2.75) is 31.7 Å². The normalized spacial score (nSPS) is 12.6. The third kappa shape index (κ3) is 4.13. The number of carbonyl (C=O) groups excluding carboxylic acids is 1. The lowest BCUT2D eigenvalue weighted by Crippen LogP contribution is -2.47. The first-order valence-corrected chi connectivity index (χ1v) is 9.88. The molecule has 1 unspecified atom stereocenters. The van der Waals surface area contributed by atoms with Crippen LogP contribution in [0.3, 0.4) is 0 Å². The molecule has 0 bridgehead atoms. The lowest BCUT2D eigenvalue weighted by Gasteiger charge is -2.40. The summed E-state index contributed by atoms with van der Waals surface area (Å²) in [5.41, 5.74) is 2.24. The monoisotopic (exact) mass is 391 g/mol. The molecule has 0 aliphatic carbocycles. The number of hydrogen-bond donors (Lipinski definition) is 0. The van der Waals surface area contributed by atoms with Gasteiger partial charge in [0.05, 0.1) is 5.54 Å². The zero-order chi connectivity index (χ0) is 20.3.